The number of hydrogen-bond acceptors (Lipinski definition) is 4. The number of benzene rings is 1. The minimum absolute atomic E-state index is 0.0407. The molecule has 0 atom stereocenters. The van der Waals surface area contributed by atoms with Crippen molar-refractivity contribution in [3.05, 3.63) is 39.2 Å². The monoisotopic (exact) mass is 253 g/mol. The van der Waals surface area contributed by atoms with E-state index in [4.69, 9.17) is 16.0 Å². The van der Waals surface area contributed by atoms with E-state index in [1.165, 1.54) is 18.4 Å². The second-order valence-electron chi connectivity index (χ2n) is 4.09. The van der Waals surface area contributed by atoms with Crippen molar-refractivity contribution in [1.82, 2.24) is 4.90 Å². The maximum atomic E-state index is 11.8. The molecular formula is C12H12ClNO3. The molecule has 0 aliphatic rings. The van der Waals surface area contributed by atoms with Gasteiger partial charge in [0, 0.05) is 6.54 Å². The van der Waals surface area contributed by atoms with E-state index < -0.39 is 0 Å². The second kappa shape index (κ2) is 4.39. The smallest absolute Gasteiger partial charge is 0.211 e. The van der Waals surface area contributed by atoms with Gasteiger partial charge in [0.25, 0.3) is 0 Å². The molecule has 5 heteroatoms. The van der Waals surface area contributed by atoms with Crippen LogP contribution in [0.15, 0.2) is 27.6 Å². The van der Waals surface area contributed by atoms with Gasteiger partial charge < -0.3 is 14.4 Å². The Balaban J connectivity index is 2.78. The zero-order chi connectivity index (χ0) is 12.6. The quantitative estimate of drug-likeness (QED) is 0.892. The first-order chi connectivity index (χ1) is 8.00. The zero-order valence-electron chi connectivity index (χ0n) is 9.53. The molecule has 0 amide bonds. The van der Waals surface area contributed by atoms with Crippen molar-refractivity contribution in [2.24, 2.45) is 0 Å². The highest BCUT2D eigenvalue weighted by molar-refractivity contribution is 6.30. The van der Waals surface area contributed by atoms with Crippen LogP contribution in [-0.2, 0) is 6.54 Å². The lowest BCUT2D eigenvalue weighted by molar-refractivity contribution is 0.384. The third-order valence-corrected chi connectivity index (χ3v) is 2.71. The van der Waals surface area contributed by atoms with E-state index in [1.54, 1.807) is 0 Å². The van der Waals surface area contributed by atoms with E-state index in [9.17, 15) is 9.90 Å². The van der Waals surface area contributed by atoms with Crippen molar-refractivity contribution in [3.63, 3.8) is 0 Å². The number of aromatic hydroxyl groups is 1. The standard InChI is InChI=1S/C12H12ClNO3/c1-14(2)5-8-10(15)4-3-7-11(16)9(13)6-17-12(7)8/h3-4,6,15H,5H2,1-2H3. The molecule has 0 radical (unpaired) electrons. The van der Waals surface area contributed by atoms with Crippen molar-refractivity contribution in [2.45, 2.75) is 6.54 Å². The van der Waals surface area contributed by atoms with E-state index in [1.807, 2.05) is 19.0 Å². The Morgan fingerprint density at radius 2 is 2.12 bits per heavy atom. The lowest BCUT2D eigenvalue weighted by Gasteiger charge is -2.12. The van der Waals surface area contributed by atoms with Gasteiger partial charge in [0.15, 0.2) is 0 Å². The van der Waals surface area contributed by atoms with Gasteiger partial charge in [0.05, 0.1) is 10.9 Å². The second-order valence-corrected chi connectivity index (χ2v) is 4.50. The van der Waals surface area contributed by atoms with E-state index in [2.05, 4.69) is 0 Å². The highest BCUT2D eigenvalue weighted by atomic mass is 35.5. The van der Waals surface area contributed by atoms with E-state index in [0.717, 1.165) is 0 Å². The van der Waals surface area contributed by atoms with Gasteiger partial charge in [-0.05, 0) is 26.2 Å². The van der Waals surface area contributed by atoms with Crippen LogP contribution < -0.4 is 5.43 Å². The number of hydrogen-bond donors (Lipinski definition) is 1. The van der Waals surface area contributed by atoms with Crippen molar-refractivity contribution in [1.29, 1.82) is 0 Å². The van der Waals surface area contributed by atoms with Gasteiger partial charge in [0.2, 0.25) is 5.43 Å². The summed E-state index contributed by atoms with van der Waals surface area (Å²) in [6.07, 6.45) is 1.20. The Morgan fingerprint density at radius 1 is 1.41 bits per heavy atom. The van der Waals surface area contributed by atoms with E-state index in [0.29, 0.717) is 23.1 Å². The lowest BCUT2D eigenvalue weighted by Crippen LogP contribution is -2.12. The minimum Gasteiger partial charge on any atom is -0.507 e. The molecule has 1 N–H and O–H groups in total. The number of phenolic OH excluding ortho intramolecular Hbond substituents is 1. The number of phenols is 1. The number of rotatable bonds is 2. The Labute approximate surface area is 103 Å². The molecule has 0 saturated carbocycles. The minimum atomic E-state index is -0.284. The molecule has 2 rings (SSSR count). The summed E-state index contributed by atoms with van der Waals surface area (Å²) in [5.41, 5.74) is 0.683. The van der Waals surface area contributed by atoms with Crippen LogP contribution in [0.1, 0.15) is 5.56 Å². The highest BCUT2D eigenvalue weighted by Gasteiger charge is 2.13. The van der Waals surface area contributed by atoms with Crippen LogP contribution in [-0.4, -0.2) is 24.1 Å². The molecular weight excluding hydrogens is 242 g/mol. The largest absolute Gasteiger partial charge is 0.507 e. The number of halogens is 1. The zero-order valence-corrected chi connectivity index (χ0v) is 10.3. The predicted octanol–water partition coefficient (Wildman–Crippen LogP) is 2.21. The van der Waals surface area contributed by atoms with Crippen molar-refractivity contribution < 1.29 is 9.52 Å². The normalized spacial score (nSPS) is 11.3. The average molecular weight is 254 g/mol. The Kier molecular flexibility index (Phi) is 3.09. The molecule has 1 heterocycles. The molecule has 0 unspecified atom stereocenters. The molecule has 4 nitrogen and oxygen atoms in total. The Morgan fingerprint density at radius 3 is 2.76 bits per heavy atom. The fraction of sp³-hybridized carbons (Fsp3) is 0.250. The number of fused-ring (bicyclic) bond motifs is 1. The molecule has 0 saturated heterocycles. The molecule has 0 aliphatic heterocycles. The summed E-state index contributed by atoms with van der Waals surface area (Å²) in [5.74, 6) is 0.108. The van der Waals surface area contributed by atoms with E-state index >= 15 is 0 Å². The van der Waals surface area contributed by atoms with E-state index in [-0.39, 0.29) is 16.2 Å². The van der Waals surface area contributed by atoms with Crippen LogP contribution in [0.2, 0.25) is 5.02 Å². The summed E-state index contributed by atoms with van der Waals surface area (Å²) in [6.45, 7) is 0.480. The van der Waals surface area contributed by atoms with Crippen LogP contribution in [0.5, 0.6) is 5.75 Å². The summed E-state index contributed by atoms with van der Waals surface area (Å²) < 4.78 is 5.32. The Bertz CT molecular complexity index is 619. The molecule has 0 fully saturated rings. The summed E-state index contributed by atoms with van der Waals surface area (Å²) in [6, 6.07) is 3.00. The predicted molar refractivity (Wildman–Crippen MR) is 66.5 cm³/mol. The number of nitrogens with zero attached hydrogens (tertiary/aromatic N) is 1. The van der Waals surface area contributed by atoms with Gasteiger partial charge in [-0.25, -0.2) is 0 Å². The van der Waals surface area contributed by atoms with Crippen LogP contribution in [0.4, 0.5) is 0 Å². The van der Waals surface area contributed by atoms with Gasteiger partial charge >= 0.3 is 0 Å². The average Bonchev–Trinajstić information content (AvgIpc) is 2.27. The first-order valence-corrected chi connectivity index (χ1v) is 5.45. The van der Waals surface area contributed by atoms with Crippen molar-refractivity contribution in [3.8, 4) is 5.75 Å². The molecule has 0 spiro atoms. The maximum Gasteiger partial charge on any atom is 0.211 e. The summed E-state index contributed by atoms with van der Waals surface area (Å²) in [4.78, 5) is 13.7. The van der Waals surface area contributed by atoms with Crippen LogP contribution >= 0.6 is 11.6 Å². The van der Waals surface area contributed by atoms with Gasteiger partial charge in [-0.1, -0.05) is 11.6 Å². The van der Waals surface area contributed by atoms with Gasteiger partial charge in [-0.15, -0.1) is 0 Å². The summed E-state index contributed by atoms with van der Waals surface area (Å²) >= 11 is 5.71. The van der Waals surface area contributed by atoms with Crippen LogP contribution in [0.25, 0.3) is 11.0 Å². The molecule has 90 valence electrons. The summed E-state index contributed by atoms with van der Waals surface area (Å²) in [5, 5.41) is 10.2. The fourth-order valence-electron chi connectivity index (χ4n) is 1.69. The van der Waals surface area contributed by atoms with Crippen LogP contribution in [0, 0.1) is 0 Å². The maximum absolute atomic E-state index is 11.8. The third-order valence-electron chi connectivity index (χ3n) is 2.45. The van der Waals surface area contributed by atoms with Gasteiger partial charge in [0.1, 0.15) is 22.6 Å². The Hall–Kier alpha value is -1.52. The van der Waals surface area contributed by atoms with Gasteiger partial charge in [-0.2, -0.15) is 0 Å². The topological polar surface area (TPSA) is 53.7 Å². The van der Waals surface area contributed by atoms with Crippen molar-refractivity contribution in [2.75, 3.05) is 14.1 Å². The van der Waals surface area contributed by atoms with Crippen LogP contribution in [0.3, 0.4) is 0 Å². The van der Waals surface area contributed by atoms with Gasteiger partial charge in [-0.3, -0.25) is 4.79 Å². The SMILES string of the molecule is CN(C)Cc1c(O)ccc2c(=O)c(Cl)coc12. The highest BCUT2D eigenvalue weighted by Crippen LogP contribution is 2.27. The molecule has 1 aromatic heterocycles. The summed E-state index contributed by atoms with van der Waals surface area (Å²) in [7, 11) is 3.73. The molecule has 2 aromatic rings. The van der Waals surface area contributed by atoms with Crippen molar-refractivity contribution >= 4 is 22.6 Å². The lowest BCUT2D eigenvalue weighted by atomic mass is 10.1. The molecule has 0 aliphatic carbocycles. The molecule has 1 aromatic carbocycles. The fourth-order valence-corrected chi connectivity index (χ4v) is 1.84. The third kappa shape index (κ3) is 2.14. The first kappa shape index (κ1) is 12.0. The molecule has 0 bridgehead atoms. The first-order valence-electron chi connectivity index (χ1n) is 5.07. The molecule has 17 heavy (non-hydrogen) atoms.